The van der Waals surface area contributed by atoms with Crippen LogP contribution in [0.15, 0.2) is 18.3 Å². The Bertz CT molecular complexity index is 459. The number of pyridine rings is 1. The maximum Gasteiger partial charge on any atom is 0.147 e. The van der Waals surface area contributed by atoms with E-state index in [0.29, 0.717) is 12.1 Å². The van der Waals surface area contributed by atoms with Gasteiger partial charge in [-0.15, -0.1) is 0 Å². The van der Waals surface area contributed by atoms with Crippen LogP contribution in [0.2, 0.25) is 0 Å². The number of nitrogens with one attached hydrogen (secondary N) is 1. The van der Waals surface area contributed by atoms with E-state index in [9.17, 15) is 12.8 Å². The van der Waals surface area contributed by atoms with E-state index in [2.05, 4.69) is 10.3 Å². The van der Waals surface area contributed by atoms with Crippen molar-refractivity contribution in [2.75, 3.05) is 18.6 Å². The van der Waals surface area contributed by atoms with E-state index in [-0.39, 0.29) is 11.8 Å². The fourth-order valence-electron chi connectivity index (χ4n) is 1.60. The predicted molar refractivity (Wildman–Crippen MR) is 69.6 cm³/mol. The minimum atomic E-state index is -3.00. The van der Waals surface area contributed by atoms with Gasteiger partial charge in [0.2, 0.25) is 0 Å². The van der Waals surface area contributed by atoms with Crippen molar-refractivity contribution in [2.24, 2.45) is 0 Å². The average Bonchev–Trinajstić information content (AvgIpc) is 2.29. The van der Waals surface area contributed by atoms with Crippen LogP contribution in [0, 0.1) is 5.82 Å². The molecule has 0 fully saturated rings. The Balaban J connectivity index is 2.74. The lowest BCUT2D eigenvalue weighted by atomic mass is 10.1. The van der Waals surface area contributed by atoms with Gasteiger partial charge in [-0.3, -0.25) is 4.98 Å². The molecule has 18 heavy (non-hydrogen) atoms. The molecule has 1 heterocycles. The highest BCUT2D eigenvalue weighted by Gasteiger charge is 2.15. The topological polar surface area (TPSA) is 59.1 Å². The summed E-state index contributed by atoms with van der Waals surface area (Å²) in [6.45, 7) is 2.80. The molecule has 0 aromatic carbocycles. The third kappa shape index (κ3) is 5.55. The molecule has 1 aromatic rings. The first-order valence-corrected chi connectivity index (χ1v) is 8.01. The molecule has 0 bridgehead atoms. The van der Waals surface area contributed by atoms with E-state index in [1.807, 2.05) is 6.92 Å². The molecule has 102 valence electrons. The Kier molecular flexibility index (Phi) is 5.68. The SMILES string of the molecule is CCCNC(CCS(C)(=O)=O)c1ccc(F)cn1. The first kappa shape index (κ1) is 15.0. The zero-order chi connectivity index (χ0) is 13.6. The Morgan fingerprint density at radius 1 is 1.44 bits per heavy atom. The molecule has 1 N–H and O–H groups in total. The number of nitrogens with zero attached hydrogens (tertiary/aromatic N) is 1. The summed E-state index contributed by atoms with van der Waals surface area (Å²) in [5.74, 6) is -0.302. The van der Waals surface area contributed by atoms with E-state index in [0.717, 1.165) is 19.2 Å². The second-order valence-electron chi connectivity index (χ2n) is 4.33. The van der Waals surface area contributed by atoms with Crippen molar-refractivity contribution >= 4 is 9.84 Å². The van der Waals surface area contributed by atoms with Gasteiger partial charge in [0.05, 0.1) is 23.7 Å². The Morgan fingerprint density at radius 3 is 2.67 bits per heavy atom. The summed E-state index contributed by atoms with van der Waals surface area (Å²) in [5, 5.41) is 3.23. The molecule has 0 aliphatic rings. The lowest BCUT2D eigenvalue weighted by molar-refractivity contribution is 0.500. The molecule has 0 saturated carbocycles. The van der Waals surface area contributed by atoms with Gasteiger partial charge in [0.15, 0.2) is 0 Å². The summed E-state index contributed by atoms with van der Waals surface area (Å²) >= 11 is 0. The van der Waals surface area contributed by atoms with Crippen molar-refractivity contribution in [3.63, 3.8) is 0 Å². The van der Waals surface area contributed by atoms with Crippen molar-refractivity contribution in [1.82, 2.24) is 10.3 Å². The second kappa shape index (κ2) is 6.80. The van der Waals surface area contributed by atoms with Crippen LogP contribution in [0.4, 0.5) is 4.39 Å². The molecular formula is C12H19FN2O2S. The van der Waals surface area contributed by atoms with E-state index in [1.165, 1.54) is 12.3 Å². The van der Waals surface area contributed by atoms with Crippen LogP contribution in [-0.4, -0.2) is 32.0 Å². The van der Waals surface area contributed by atoms with Crippen molar-refractivity contribution in [3.05, 3.63) is 29.8 Å². The smallest absolute Gasteiger partial charge is 0.147 e. The Labute approximate surface area is 108 Å². The van der Waals surface area contributed by atoms with Gasteiger partial charge in [-0.25, -0.2) is 12.8 Å². The van der Waals surface area contributed by atoms with Crippen LogP contribution < -0.4 is 5.32 Å². The highest BCUT2D eigenvalue weighted by Crippen LogP contribution is 2.15. The van der Waals surface area contributed by atoms with Crippen molar-refractivity contribution in [1.29, 1.82) is 0 Å². The maximum absolute atomic E-state index is 12.8. The van der Waals surface area contributed by atoms with Crippen molar-refractivity contribution in [3.8, 4) is 0 Å². The first-order chi connectivity index (χ1) is 8.42. The Hall–Kier alpha value is -1.01. The normalized spacial score (nSPS) is 13.5. The summed E-state index contributed by atoms with van der Waals surface area (Å²) in [5.41, 5.74) is 0.675. The highest BCUT2D eigenvalue weighted by atomic mass is 32.2. The molecule has 6 heteroatoms. The second-order valence-corrected chi connectivity index (χ2v) is 6.59. The summed E-state index contributed by atoms with van der Waals surface area (Å²) in [6.07, 6.45) is 3.74. The zero-order valence-corrected chi connectivity index (χ0v) is 11.5. The van der Waals surface area contributed by atoms with Gasteiger partial charge in [0.1, 0.15) is 15.7 Å². The van der Waals surface area contributed by atoms with Crippen LogP contribution in [-0.2, 0) is 9.84 Å². The predicted octanol–water partition coefficient (Wildman–Crippen LogP) is 1.70. The highest BCUT2D eigenvalue weighted by molar-refractivity contribution is 7.90. The molecule has 0 spiro atoms. The maximum atomic E-state index is 12.8. The minimum absolute atomic E-state index is 0.0907. The van der Waals surface area contributed by atoms with Crippen LogP contribution in [0.1, 0.15) is 31.5 Å². The lowest BCUT2D eigenvalue weighted by Crippen LogP contribution is -2.25. The van der Waals surface area contributed by atoms with Crippen LogP contribution in [0.3, 0.4) is 0 Å². The number of hydrogen-bond donors (Lipinski definition) is 1. The number of aromatic nitrogens is 1. The van der Waals surface area contributed by atoms with E-state index in [1.54, 1.807) is 6.07 Å². The molecule has 0 aliphatic carbocycles. The average molecular weight is 274 g/mol. The van der Waals surface area contributed by atoms with Gasteiger partial charge >= 0.3 is 0 Å². The van der Waals surface area contributed by atoms with E-state index >= 15 is 0 Å². The molecule has 1 unspecified atom stereocenters. The first-order valence-electron chi connectivity index (χ1n) is 5.95. The fourth-order valence-corrected chi connectivity index (χ4v) is 2.26. The summed E-state index contributed by atoms with van der Waals surface area (Å²) in [6, 6.07) is 2.77. The molecule has 1 atom stereocenters. The number of rotatable bonds is 7. The van der Waals surface area contributed by atoms with Crippen LogP contribution >= 0.6 is 0 Å². The monoisotopic (exact) mass is 274 g/mol. The van der Waals surface area contributed by atoms with Gasteiger partial charge in [-0.2, -0.15) is 0 Å². The van der Waals surface area contributed by atoms with Gasteiger partial charge in [0.25, 0.3) is 0 Å². The number of sulfone groups is 1. The molecule has 0 amide bonds. The summed E-state index contributed by atoms with van der Waals surface area (Å²) in [4.78, 5) is 4.00. The van der Waals surface area contributed by atoms with Crippen molar-refractivity contribution in [2.45, 2.75) is 25.8 Å². The standard InChI is InChI=1S/C12H19FN2O2S/c1-3-7-14-12(6-8-18(2,16)17)11-5-4-10(13)9-15-11/h4-5,9,12,14H,3,6-8H2,1-2H3. The molecule has 0 radical (unpaired) electrons. The lowest BCUT2D eigenvalue weighted by Gasteiger charge is -2.17. The third-order valence-electron chi connectivity index (χ3n) is 2.53. The minimum Gasteiger partial charge on any atom is -0.309 e. The molecule has 0 aliphatic heterocycles. The van der Waals surface area contributed by atoms with Crippen LogP contribution in [0.25, 0.3) is 0 Å². The fraction of sp³-hybridized carbons (Fsp3) is 0.583. The van der Waals surface area contributed by atoms with Crippen LogP contribution in [0.5, 0.6) is 0 Å². The molecular weight excluding hydrogens is 255 g/mol. The molecule has 1 rings (SSSR count). The van der Waals surface area contributed by atoms with E-state index < -0.39 is 15.7 Å². The summed E-state index contributed by atoms with van der Waals surface area (Å²) in [7, 11) is -3.00. The van der Waals surface area contributed by atoms with Gasteiger partial charge in [-0.05, 0) is 31.5 Å². The summed E-state index contributed by atoms with van der Waals surface area (Å²) < 4.78 is 35.2. The third-order valence-corrected chi connectivity index (χ3v) is 3.50. The van der Waals surface area contributed by atoms with E-state index in [4.69, 9.17) is 0 Å². The quantitative estimate of drug-likeness (QED) is 0.822. The number of hydrogen-bond acceptors (Lipinski definition) is 4. The largest absolute Gasteiger partial charge is 0.309 e. The van der Waals surface area contributed by atoms with Gasteiger partial charge in [0, 0.05) is 6.26 Å². The zero-order valence-electron chi connectivity index (χ0n) is 10.7. The molecule has 0 saturated heterocycles. The van der Waals surface area contributed by atoms with Gasteiger partial charge < -0.3 is 5.32 Å². The molecule has 4 nitrogen and oxygen atoms in total. The Morgan fingerprint density at radius 2 is 2.17 bits per heavy atom. The van der Waals surface area contributed by atoms with Gasteiger partial charge in [-0.1, -0.05) is 6.92 Å². The molecule has 1 aromatic heterocycles. The van der Waals surface area contributed by atoms with Crippen molar-refractivity contribution < 1.29 is 12.8 Å². The number of halogens is 1.